The molecule has 0 saturated carbocycles. The fraction of sp³-hybridized carbons (Fsp3) is 0.533. The average molecular weight is 335 g/mol. The lowest BCUT2D eigenvalue weighted by Gasteiger charge is -2.38. The van der Waals surface area contributed by atoms with E-state index in [4.69, 9.17) is 10.5 Å². The van der Waals surface area contributed by atoms with Gasteiger partial charge in [0.15, 0.2) is 18.2 Å². The van der Waals surface area contributed by atoms with Gasteiger partial charge in [-0.15, -0.1) is 12.4 Å². The van der Waals surface area contributed by atoms with Crippen molar-refractivity contribution < 1.29 is 18.3 Å². The average Bonchev–Trinajstić information content (AvgIpc) is 2.46. The van der Waals surface area contributed by atoms with Crippen molar-refractivity contribution in [2.24, 2.45) is 5.73 Å². The third-order valence-electron chi connectivity index (χ3n) is 3.72. The molecule has 4 nitrogen and oxygen atoms in total. The topological polar surface area (TPSA) is 55.6 Å². The Labute approximate surface area is 135 Å². The van der Waals surface area contributed by atoms with E-state index in [0.29, 0.717) is 6.54 Å². The summed E-state index contributed by atoms with van der Waals surface area (Å²) in [5.74, 6) is -1.84. The monoisotopic (exact) mass is 334 g/mol. The molecule has 1 aromatic rings. The van der Waals surface area contributed by atoms with Crippen LogP contribution in [-0.4, -0.2) is 36.0 Å². The molecule has 1 aliphatic rings. The van der Waals surface area contributed by atoms with Crippen LogP contribution in [0.25, 0.3) is 0 Å². The van der Waals surface area contributed by atoms with Gasteiger partial charge in [0, 0.05) is 24.7 Å². The summed E-state index contributed by atoms with van der Waals surface area (Å²) in [6, 6.07) is 2.88. The zero-order chi connectivity index (χ0) is 15.4. The summed E-state index contributed by atoms with van der Waals surface area (Å²) in [5, 5.41) is 0. The van der Waals surface area contributed by atoms with Gasteiger partial charge in [-0.05, 0) is 38.3 Å². The minimum absolute atomic E-state index is 0. The van der Waals surface area contributed by atoms with Crippen LogP contribution >= 0.6 is 12.4 Å². The first-order valence-electron chi connectivity index (χ1n) is 7.12. The number of nitrogens with zero attached hydrogens (tertiary/aromatic N) is 1. The van der Waals surface area contributed by atoms with E-state index in [0.717, 1.165) is 31.4 Å². The number of ether oxygens (including phenoxy) is 1. The van der Waals surface area contributed by atoms with Gasteiger partial charge in [0.1, 0.15) is 5.82 Å². The number of carbonyl (C=O) groups is 1. The van der Waals surface area contributed by atoms with Crippen molar-refractivity contribution in [2.75, 3.05) is 13.2 Å². The molecule has 2 unspecified atom stereocenters. The Morgan fingerprint density at radius 3 is 2.82 bits per heavy atom. The molecule has 7 heteroatoms. The Kier molecular flexibility index (Phi) is 7.03. The highest BCUT2D eigenvalue weighted by Crippen LogP contribution is 2.21. The smallest absolute Gasteiger partial charge is 0.260 e. The number of benzene rings is 1. The first-order chi connectivity index (χ1) is 9.99. The molecule has 0 spiro atoms. The molecule has 1 aliphatic heterocycles. The number of halogens is 3. The van der Waals surface area contributed by atoms with Crippen molar-refractivity contribution in [1.29, 1.82) is 0 Å². The van der Waals surface area contributed by atoms with Gasteiger partial charge in [-0.25, -0.2) is 8.78 Å². The van der Waals surface area contributed by atoms with Crippen molar-refractivity contribution in [3.8, 4) is 5.75 Å². The number of hydrogen-bond acceptors (Lipinski definition) is 3. The van der Waals surface area contributed by atoms with Gasteiger partial charge in [0.25, 0.3) is 5.91 Å². The fourth-order valence-electron chi connectivity index (χ4n) is 2.63. The predicted octanol–water partition coefficient (Wildman–Crippen LogP) is 2.49. The molecule has 0 radical (unpaired) electrons. The quantitative estimate of drug-likeness (QED) is 0.920. The first-order valence-corrected chi connectivity index (χ1v) is 7.12. The van der Waals surface area contributed by atoms with Crippen LogP contribution < -0.4 is 10.5 Å². The molecule has 124 valence electrons. The second-order valence-corrected chi connectivity index (χ2v) is 5.37. The van der Waals surface area contributed by atoms with E-state index >= 15 is 0 Å². The molecule has 1 saturated heterocycles. The standard InChI is InChI=1S/C15H20F2N2O2.ClH/c1-10(18)13-4-2-3-7-19(13)15(20)9-21-14-6-5-11(16)8-12(14)17;/h5-6,8,10,13H,2-4,7,9,18H2,1H3;1H. The highest BCUT2D eigenvalue weighted by Gasteiger charge is 2.29. The first kappa shape index (κ1) is 18.6. The molecule has 2 atom stereocenters. The summed E-state index contributed by atoms with van der Waals surface area (Å²) in [5.41, 5.74) is 5.91. The van der Waals surface area contributed by atoms with E-state index in [-0.39, 0.29) is 42.8 Å². The third kappa shape index (κ3) is 4.55. The van der Waals surface area contributed by atoms with E-state index < -0.39 is 11.6 Å². The summed E-state index contributed by atoms with van der Waals surface area (Å²) in [4.78, 5) is 13.9. The Balaban J connectivity index is 0.00000242. The molecule has 1 aromatic carbocycles. The Morgan fingerprint density at radius 1 is 1.45 bits per heavy atom. The van der Waals surface area contributed by atoms with Gasteiger partial charge in [0.2, 0.25) is 0 Å². The number of amides is 1. The van der Waals surface area contributed by atoms with Gasteiger partial charge >= 0.3 is 0 Å². The van der Waals surface area contributed by atoms with Crippen molar-refractivity contribution in [2.45, 2.75) is 38.3 Å². The van der Waals surface area contributed by atoms with Crippen molar-refractivity contribution in [3.63, 3.8) is 0 Å². The van der Waals surface area contributed by atoms with Crippen molar-refractivity contribution >= 4 is 18.3 Å². The van der Waals surface area contributed by atoms with Crippen molar-refractivity contribution in [3.05, 3.63) is 29.8 Å². The third-order valence-corrected chi connectivity index (χ3v) is 3.72. The summed E-state index contributed by atoms with van der Waals surface area (Å²) in [6.07, 6.45) is 2.84. The molecule has 2 rings (SSSR count). The van der Waals surface area contributed by atoms with Crippen LogP contribution in [0, 0.1) is 11.6 Å². The largest absolute Gasteiger partial charge is 0.481 e. The number of rotatable bonds is 4. The second-order valence-electron chi connectivity index (χ2n) is 5.37. The predicted molar refractivity (Wildman–Crippen MR) is 82.1 cm³/mol. The van der Waals surface area contributed by atoms with Gasteiger partial charge in [-0.1, -0.05) is 0 Å². The molecule has 1 fully saturated rings. The number of hydrogen-bond donors (Lipinski definition) is 1. The summed E-state index contributed by atoms with van der Waals surface area (Å²) >= 11 is 0. The molecule has 0 aliphatic carbocycles. The van der Waals surface area contributed by atoms with Crippen LogP contribution in [0.4, 0.5) is 8.78 Å². The zero-order valence-corrected chi connectivity index (χ0v) is 13.2. The molecular weight excluding hydrogens is 314 g/mol. The summed E-state index contributed by atoms with van der Waals surface area (Å²) < 4.78 is 31.4. The minimum Gasteiger partial charge on any atom is -0.481 e. The van der Waals surface area contributed by atoms with E-state index in [2.05, 4.69) is 0 Å². The van der Waals surface area contributed by atoms with Crippen LogP contribution in [0.5, 0.6) is 5.75 Å². The lowest BCUT2D eigenvalue weighted by atomic mass is 9.97. The summed E-state index contributed by atoms with van der Waals surface area (Å²) in [6.45, 7) is 2.24. The maximum Gasteiger partial charge on any atom is 0.260 e. The van der Waals surface area contributed by atoms with Gasteiger partial charge in [0.05, 0.1) is 0 Å². The van der Waals surface area contributed by atoms with Gasteiger partial charge in [-0.2, -0.15) is 0 Å². The van der Waals surface area contributed by atoms with E-state index in [1.165, 1.54) is 6.07 Å². The van der Waals surface area contributed by atoms with E-state index in [1.807, 2.05) is 6.92 Å². The second kappa shape index (κ2) is 8.29. The van der Waals surface area contributed by atoms with Gasteiger partial charge in [-0.3, -0.25) is 4.79 Å². The lowest BCUT2D eigenvalue weighted by Crippen LogP contribution is -2.52. The number of carbonyl (C=O) groups excluding carboxylic acids is 1. The molecule has 2 N–H and O–H groups in total. The number of likely N-dealkylation sites (tertiary alicyclic amines) is 1. The molecular formula is C15H21ClF2N2O2. The minimum atomic E-state index is -0.815. The highest BCUT2D eigenvalue weighted by molar-refractivity contribution is 5.85. The van der Waals surface area contributed by atoms with Crippen LogP contribution in [-0.2, 0) is 4.79 Å². The maximum atomic E-state index is 13.4. The van der Waals surface area contributed by atoms with Gasteiger partial charge < -0.3 is 15.4 Å². The van der Waals surface area contributed by atoms with Crippen LogP contribution in [0.2, 0.25) is 0 Å². The number of piperidine rings is 1. The normalized spacial score (nSPS) is 19.3. The van der Waals surface area contributed by atoms with E-state index in [9.17, 15) is 13.6 Å². The molecule has 22 heavy (non-hydrogen) atoms. The SMILES string of the molecule is CC(N)C1CCCCN1C(=O)COc1ccc(F)cc1F.Cl. The van der Waals surface area contributed by atoms with E-state index in [1.54, 1.807) is 4.90 Å². The Bertz CT molecular complexity index is 514. The lowest BCUT2D eigenvalue weighted by molar-refractivity contribution is -0.137. The summed E-state index contributed by atoms with van der Waals surface area (Å²) in [7, 11) is 0. The molecule has 1 heterocycles. The molecule has 0 aromatic heterocycles. The highest BCUT2D eigenvalue weighted by atomic mass is 35.5. The van der Waals surface area contributed by atoms with Crippen LogP contribution in [0.3, 0.4) is 0 Å². The maximum absolute atomic E-state index is 13.4. The van der Waals surface area contributed by atoms with Crippen LogP contribution in [0.15, 0.2) is 18.2 Å². The Morgan fingerprint density at radius 2 is 2.18 bits per heavy atom. The number of nitrogens with two attached hydrogens (primary N) is 1. The fourth-order valence-corrected chi connectivity index (χ4v) is 2.63. The molecule has 1 amide bonds. The zero-order valence-electron chi connectivity index (χ0n) is 12.4. The Hall–Kier alpha value is -1.40. The molecule has 0 bridgehead atoms. The van der Waals surface area contributed by atoms with Crippen molar-refractivity contribution in [1.82, 2.24) is 4.90 Å². The van der Waals surface area contributed by atoms with Crippen LogP contribution in [0.1, 0.15) is 26.2 Å².